The van der Waals surface area contributed by atoms with Crippen molar-refractivity contribution in [2.45, 2.75) is 13.0 Å². The van der Waals surface area contributed by atoms with Crippen LogP contribution in [0.15, 0.2) is 60.0 Å². The highest BCUT2D eigenvalue weighted by Gasteiger charge is 2.22. The highest BCUT2D eigenvalue weighted by atomic mass is 32.1. The number of carbonyl (C=O) groups is 2. The molecular weight excluding hydrogens is 427 g/mol. The fourth-order valence-corrected chi connectivity index (χ4v) is 4.48. The summed E-state index contributed by atoms with van der Waals surface area (Å²) in [6.07, 6.45) is 0.0530. The third kappa shape index (κ3) is 5.99. The number of benzene rings is 2. The summed E-state index contributed by atoms with van der Waals surface area (Å²) in [5, 5.41) is 5.75. The van der Waals surface area contributed by atoms with Crippen LogP contribution in [0.1, 0.15) is 11.3 Å². The van der Waals surface area contributed by atoms with E-state index >= 15 is 0 Å². The van der Waals surface area contributed by atoms with Crippen LogP contribution >= 0.6 is 11.3 Å². The number of halogens is 1. The Balaban J connectivity index is 1.19. The topological polar surface area (TPSA) is 65.5 Å². The molecule has 0 radical (unpaired) electrons. The Morgan fingerprint density at radius 3 is 2.56 bits per heavy atom. The summed E-state index contributed by atoms with van der Waals surface area (Å²) in [6, 6.07) is 16.0. The van der Waals surface area contributed by atoms with E-state index in [-0.39, 0.29) is 30.6 Å². The summed E-state index contributed by atoms with van der Waals surface area (Å²) < 4.78 is 13.2. The number of hydrogen-bond acceptors (Lipinski definition) is 5. The SMILES string of the molecule is O=C(Cc1cccc(F)c1)NCC(=O)N1CCN(Cc2csc(-c3ccccc3)n2)CC1. The summed E-state index contributed by atoms with van der Waals surface area (Å²) >= 11 is 1.64. The number of rotatable bonds is 7. The van der Waals surface area contributed by atoms with Crippen LogP contribution in [0.25, 0.3) is 10.6 Å². The molecule has 1 aliphatic rings. The number of aromatic nitrogens is 1. The third-order valence-corrected chi connectivity index (χ3v) is 6.31. The molecule has 0 saturated carbocycles. The molecule has 0 atom stereocenters. The van der Waals surface area contributed by atoms with Crippen molar-refractivity contribution in [1.82, 2.24) is 20.1 Å². The summed E-state index contributed by atoms with van der Waals surface area (Å²) in [5.74, 6) is -0.768. The maximum Gasteiger partial charge on any atom is 0.242 e. The Bertz CT molecular complexity index is 1060. The molecule has 166 valence electrons. The minimum Gasteiger partial charge on any atom is -0.347 e. The van der Waals surface area contributed by atoms with Gasteiger partial charge in [-0.15, -0.1) is 11.3 Å². The van der Waals surface area contributed by atoms with Gasteiger partial charge < -0.3 is 10.2 Å². The van der Waals surface area contributed by atoms with E-state index in [0.717, 1.165) is 35.9 Å². The van der Waals surface area contributed by atoms with E-state index in [1.54, 1.807) is 28.4 Å². The van der Waals surface area contributed by atoms with Crippen molar-refractivity contribution in [2.24, 2.45) is 0 Å². The Morgan fingerprint density at radius 1 is 1.03 bits per heavy atom. The molecule has 4 rings (SSSR count). The smallest absolute Gasteiger partial charge is 0.242 e. The molecule has 1 fully saturated rings. The van der Waals surface area contributed by atoms with Crippen LogP contribution in [0.2, 0.25) is 0 Å². The van der Waals surface area contributed by atoms with Gasteiger partial charge in [-0.25, -0.2) is 9.37 Å². The van der Waals surface area contributed by atoms with Gasteiger partial charge in [-0.1, -0.05) is 42.5 Å². The fourth-order valence-electron chi connectivity index (χ4n) is 3.66. The average molecular weight is 453 g/mol. The van der Waals surface area contributed by atoms with Crippen molar-refractivity contribution in [3.05, 3.63) is 77.1 Å². The number of amides is 2. The molecule has 0 spiro atoms. The van der Waals surface area contributed by atoms with Crippen LogP contribution in [-0.2, 0) is 22.6 Å². The molecular formula is C24H25FN4O2S. The molecule has 8 heteroatoms. The molecule has 1 saturated heterocycles. The standard InChI is InChI=1S/C24H25FN4O2S/c25-20-8-4-5-18(13-20)14-22(30)26-15-23(31)29-11-9-28(10-12-29)16-21-17-32-24(27-21)19-6-2-1-3-7-19/h1-8,13,17H,9-12,14-16H2,(H,26,30). The van der Waals surface area contributed by atoms with Gasteiger partial charge in [0.1, 0.15) is 10.8 Å². The maximum atomic E-state index is 13.2. The van der Waals surface area contributed by atoms with Crippen molar-refractivity contribution >= 4 is 23.2 Å². The summed E-state index contributed by atoms with van der Waals surface area (Å²) in [7, 11) is 0. The van der Waals surface area contributed by atoms with Crippen LogP contribution < -0.4 is 5.32 Å². The van der Waals surface area contributed by atoms with Crippen molar-refractivity contribution in [1.29, 1.82) is 0 Å². The second-order valence-corrected chi connectivity index (χ2v) is 8.61. The van der Waals surface area contributed by atoms with Gasteiger partial charge in [0.25, 0.3) is 0 Å². The van der Waals surface area contributed by atoms with Crippen molar-refractivity contribution in [2.75, 3.05) is 32.7 Å². The Kier molecular flexibility index (Phi) is 7.24. The fraction of sp³-hybridized carbons (Fsp3) is 0.292. The van der Waals surface area contributed by atoms with Gasteiger partial charge in [0.2, 0.25) is 11.8 Å². The second-order valence-electron chi connectivity index (χ2n) is 7.75. The lowest BCUT2D eigenvalue weighted by atomic mass is 10.1. The lowest BCUT2D eigenvalue weighted by Gasteiger charge is -2.34. The zero-order valence-electron chi connectivity index (χ0n) is 17.7. The first kappa shape index (κ1) is 22.1. The molecule has 1 aliphatic heterocycles. The average Bonchev–Trinajstić information content (AvgIpc) is 3.27. The van der Waals surface area contributed by atoms with Gasteiger partial charge >= 0.3 is 0 Å². The summed E-state index contributed by atoms with van der Waals surface area (Å²) in [4.78, 5) is 33.3. The molecule has 1 N–H and O–H groups in total. The molecule has 2 aromatic carbocycles. The van der Waals surface area contributed by atoms with Crippen molar-refractivity contribution in [3.63, 3.8) is 0 Å². The molecule has 6 nitrogen and oxygen atoms in total. The van der Waals surface area contributed by atoms with E-state index in [9.17, 15) is 14.0 Å². The first-order valence-corrected chi connectivity index (χ1v) is 11.5. The number of nitrogens with one attached hydrogen (secondary N) is 1. The molecule has 0 unspecified atom stereocenters. The van der Waals surface area contributed by atoms with Gasteiger partial charge in [-0.05, 0) is 17.7 Å². The number of carbonyl (C=O) groups excluding carboxylic acids is 2. The van der Waals surface area contributed by atoms with E-state index < -0.39 is 0 Å². The van der Waals surface area contributed by atoms with Crippen molar-refractivity contribution < 1.29 is 14.0 Å². The largest absolute Gasteiger partial charge is 0.347 e. The van der Waals surface area contributed by atoms with Crippen LogP contribution in [0.5, 0.6) is 0 Å². The van der Waals surface area contributed by atoms with Crippen LogP contribution in [0.4, 0.5) is 4.39 Å². The third-order valence-electron chi connectivity index (χ3n) is 5.37. The number of hydrogen-bond donors (Lipinski definition) is 1. The first-order chi connectivity index (χ1) is 15.6. The van der Waals surface area contributed by atoms with Crippen molar-refractivity contribution in [3.8, 4) is 10.6 Å². The lowest BCUT2D eigenvalue weighted by molar-refractivity contribution is -0.134. The van der Waals surface area contributed by atoms with Crippen LogP contribution in [0.3, 0.4) is 0 Å². The van der Waals surface area contributed by atoms with E-state index in [4.69, 9.17) is 4.98 Å². The lowest BCUT2D eigenvalue weighted by Crippen LogP contribution is -2.51. The number of piperazine rings is 1. The van der Waals surface area contributed by atoms with Gasteiger partial charge in [0.15, 0.2) is 0 Å². The van der Waals surface area contributed by atoms with E-state index in [1.807, 2.05) is 18.2 Å². The monoisotopic (exact) mass is 452 g/mol. The van der Waals surface area contributed by atoms with E-state index in [0.29, 0.717) is 18.7 Å². The van der Waals surface area contributed by atoms with Gasteiger partial charge in [-0.2, -0.15) is 0 Å². The zero-order valence-corrected chi connectivity index (χ0v) is 18.5. The Labute approximate surface area is 190 Å². The predicted octanol–water partition coefficient (Wildman–Crippen LogP) is 2.95. The molecule has 0 bridgehead atoms. The molecule has 2 heterocycles. The van der Waals surface area contributed by atoms with Gasteiger partial charge in [-0.3, -0.25) is 14.5 Å². The second kappa shape index (κ2) is 10.5. The molecule has 1 aromatic heterocycles. The molecule has 2 amide bonds. The molecule has 3 aromatic rings. The predicted molar refractivity (Wildman–Crippen MR) is 123 cm³/mol. The Morgan fingerprint density at radius 2 is 1.81 bits per heavy atom. The highest BCUT2D eigenvalue weighted by Crippen LogP contribution is 2.24. The van der Waals surface area contributed by atoms with E-state index in [2.05, 4.69) is 27.7 Å². The summed E-state index contributed by atoms with van der Waals surface area (Å²) in [5.41, 5.74) is 2.75. The molecule has 0 aliphatic carbocycles. The zero-order chi connectivity index (χ0) is 22.3. The maximum absolute atomic E-state index is 13.2. The van der Waals surface area contributed by atoms with E-state index in [1.165, 1.54) is 12.1 Å². The molecule has 32 heavy (non-hydrogen) atoms. The number of thiazole rings is 1. The normalized spacial score (nSPS) is 14.3. The van der Waals surface area contributed by atoms with Crippen LogP contribution in [-0.4, -0.2) is 59.3 Å². The minimum absolute atomic E-state index is 0.0410. The van der Waals surface area contributed by atoms with Crippen LogP contribution in [0, 0.1) is 5.82 Å². The highest BCUT2D eigenvalue weighted by molar-refractivity contribution is 7.13. The first-order valence-electron chi connectivity index (χ1n) is 10.6. The van der Waals surface area contributed by atoms with Gasteiger partial charge in [0.05, 0.1) is 18.7 Å². The minimum atomic E-state index is -0.377. The quantitative estimate of drug-likeness (QED) is 0.599. The number of nitrogens with zero attached hydrogens (tertiary/aromatic N) is 3. The summed E-state index contributed by atoms with van der Waals surface area (Å²) in [6.45, 7) is 3.49. The Hall–Kier alpha value is -3.10. The van der Waals surface area contributed by atoms with Gasteiger partial charge in [0, 0.05) is 43.7 Å².